The maximum Gasteiger partial charge on any atom is 0.210 e. The zero-order valence-corrected chi connectivity index (χ0v) is 12.0. The smallest absolute Gasteiger partial charge is 0.210 e. The van der Waals surface area contributed by atoms with Crippen LogP contribution in [0.5, 0.6) is 0 Å². The Balaban J connectivity index is 2.41. The quantitative estimate of drug-likeness (QED) is 0.780. The lowest BCUT2D eigenvalue weighted by atomic mass is 9.98. The molecular formula is C10H19N3O2S2. The Labute approximate surface area is 106 Å². The molecule has 0 aliphatic carbocycles. The van der Waals surface area contributed by atoms with Crippen LogP contribution in [0.3, 0.4) is 0 Å². The summed E-state index contributed by atoms with van der Waals surface area (Å²) in [6, 6.07) is 0. The molecule has 1 aromatic rings. The van der Waals surface area contributed by atoms with Crippen molar-refractivity contribution in [1.82, 2.24) is 10.3 Å². The van der Waals surface area contributed by atoms with Crippen LogP contribution in [0.2, 0.25) is 0 Å². The van der Waals surface area contributed by atoms with E-state index in [1.165, 1.54) is 0 Å². The van der Waals surface area contributed by atoms with Gasteiger partial charge in [-0.15, -0.1) is 11.3 Å². The van der Waals surface area contributed by atoms with E-state index in [0.717, 1.165) is 9.88 Å². The third-order valence-corrected chi connectivity index (χ3v) is 4.25. The second-order valence-corrected chi connectivity index (χ2v) is 7.77. The predicted octanol–water partition coefficient (Wildman–Crippen LogP) is 0.819. The van der Waals surface area contributed by atoms with Crippen molar-refractivity contribution in [3.63, 3.8) is 0 Å². The van der Waals surface area contributed by atoms with Crippen molar-refractivity contribution in [1.29, 1.82) is 0 Å². The summed E-state index contributed by atoms with van der Waals surface area (Å²) in [7, 11) is -3.37. The van der Waals surface area contributed by atoms with E-state index in [0.29, 0.717) is 13.1 Å². The van der Waals surface area contributed by atoms with Gasteiger partial charge in [0.15, 0.2) is 0 Å². The lowest BCUT2D eigenvalue weighted by Crippen LogP contribution is -2.26. The summed E-state index contributed by atoms with van der Waals surface area (Å²) in [5.41, 5.74) is 0.0590. The molecule has 5 nitrogen and oxygen atoms in total. The number of aromatic nitrogens is 1. The van der Waals surface area contributed by atoms with Gasteiger partial charge >= 0.3 is 0 Å². The van der Waals surface area contributed by atoms with E-state index in [1.807, 2.05) is 6.20 Å². The average Bonchev–Trinajstić information content (AvgIpc) is 2.58. The first kappa shape index (κ1) is 14.6. The fraction of sp³-hybridized carbons (Fsp3) is 0.700. The summed E-state index contributed by atoms with van der Waals surface area (Å²) in [4.78, 5) is 5.45. The van der Waals surface area contributed by atoms with Crippen LogP contribution >= 0.6 is 11.3 Å². The van der Waals surface area contributed by atoms with Crippen molar-refractivity contribution in [2.75, 3.05) is 12.3 Å². The molecule has 0 saturated carbocycles. The van der Waals surface area contributed by atoms with Crippen molar-refractivity contribution in [2.45, 2.75) is 32.7 Å². The first-order chi connectivity index (χ1) is 7.68. The number of nitrogens with zero attached hydrogens (tertiary/aromatic N) is 1. The zero-order valence-electron chi connectivity index (χ0n) is 10.4. The Bertz CT molecular complexity index is 460. The Morgan fingerprint density at radius 1 is 1.47 bits per heavy atom. The van der Waals surface area contributed by atoms with E-state index in [4.69, 9.17) is 5.14 Å². The molecule has 3 N–H and O–H groups in total. The van der Waals surface area contributed by atoms with E-state index >= 15 is 0 Å². The SMILES string of the molecule is CC(C)(C)c1ncc(CNCCS(N)(=O)=O)s1. The van der Waals surface area contributed by atoms with Gasteiger partial charge in [0, 0.05) is 29.6 Å². The maximum atomic E-state index is 10.7. The highest BCUT2D eigenvalue weighted by Crippen LogP contribution is 2.26. The van der Waals surface area contributed by atoms with Gasteiger partial charge in [-0.05, 0) is 0 Å². The van der Waals surface area contributed by atoms with Gasteiger partial charge in [0.2, 0.25) is 10.0 Å². The van der Waals surface area contributed by atoms with Crippen LogP contribution in [-0.4, -0.2) is 25.7 Å². The minimum Gasteiger partial charge on any atom is -0.311 e. The van der Waals surface area contributed by atoms with Crippen molar-refractivity contribution in [2.24, 2.45) is 5.14 Å². The van der Waals surface area contributed by atoms with E-state index < -0.39 is 10.0 Å². The standard InChI is InChI=1S/C10H19N3O2S2/c1-10(2,3)9-13-7-8(16-9)6-12-4-5-17(11,14)15/h7,12H,4-6H2,1-3H3,(H2,11,14,15). The lowest BCUT2D eigenvalue weighted by molar-refractivity contribution is 0.585. The van der Waals surface area contributed by atoms with Crippen molar-refractivity contribution in [3.05, 3.63) is 16.1 Å². The minimum atomic E-state index is -3.37. The van der Waals surface area contributed by atoms with E-state index in [9.17, 15) is 8.42 Å². The highest BCUT2D eigenvalue weighted by Gasteiger charge is 2.17. The van der Waals surface area contributed by atoms with Crippen molar-refractivity contribution in [3.8, 4) is 0 Å². The number of rotatable bonds is 5. The van der Waals surface area contributed by atoms with Gasteiger partial charge in [-0.3, -0.25) is 0 Å². The van der Waals surface area contributed by atoms with Crippen LogP contribution in [0.1, 0.15) is 30.7 Å². The van der Waals surface area contributed by atoms with Gasteiger partial charge in [0.1, 0.15) is 0 Å². The van der Waals surface area contributed by atoms with E-state index in [1.54, 1.807) is 11.3 Å². The molecule has 7 heteroatoms. The topological polar surface area (TPSA) is 85.1 Å². The van der Waals surface area contributed by atoms with Crippen LogP contribution < -0.4 is 10.5 Å². The molecule has 0 spiro atoms. The summed E-state index contributed by atoms with van der Waals surface area (Å²) >= 11 is 1.64. The zero-order chi connectivity index (χ0) is 13.1. The van der Waals surface area contributed by atoms with Crippen molar-refractivity contribution < 1.29 is 8.42 Å². The molecule has 0 bridgehead atoms. The Hall–Kier alpha value is -0.500. The molecule has 0 aromatic carbocycles. The summed E-state index contributed by atoms with van der Waals surface area (Å²) in [6.45, 7) is 7.34. The van der Waals surface area contributed by atoms with Gasteiger partial charge in [-0.25, -0.2) is 18.5 Å². The van der Waals surface area contributed by atoms with Gasteiger partial charge in [-0.2, -0.15) is 0 Å². The normalized spacial score (nSPS) is 12.9. The average molecular weight is 277 g/mol. The second kappa shape index (κ2) is 5.43. The molecule has 0 radical (unpaired) electrons. The van der Waals surface area contributed by atoms with Crippen LogP contribution in [0, 0.1) is 0 Å². The van der Waals surface area contributed by atoms with Gasteiger partial charge in [-0.1, -0.05) is 20.8 Å². The summed E-state index contributed by atoms with van der Waals surface area (Å²) < 4.78 is 21.4. The molecule has 1 aromatic heterocycles. The third-order valence-electron chi connectivity index (χ3n) is 2.06. The fourth-order valence-corrected chi connectivity index (χ4v) is 2.53. The number of hydrogen-bond donors (Lipinski definition) is 2. The summed E-state index contributed by atoms with van der Waals surface area (Å²) in [5.74, 6) is -0.0437. The van der Waals surface area contributed by atoms with Gasteiger partial charge in [0.25, 0.3) is 0 Å². The van der Waals surface area contributed by atoms with E-state index in [2.05, 4.69) is 31.1 Å². The number of hydrogen-bond acceptors (Lipinski definition) is 5. The molecule has 0 fully saturated rings. The highest BCUT2D eigenvalue weighted by atomic mass is 32.2. The molecule has 0 amide bonds. The monoisotopic (exact) mass is 277 g/mol. The van der Waals surface area contributed by atoms with E-state index in [-0.39, 0.29) is 11.2 Å². The molecule has 0 aliphatic rings. The molecule has 0 saturated heterocycles. The lowest BCUT2D eigenvalue weighted by Gasteiger charge is -2.13. The summed E-state index contributed by atoms with van der Waals surface area (Å²) in [6.07, 6.45) is 1.83. The Morgan fingerprint density at radius 2 is 2.12 bits per heavy atom. The molecule has 0 unspecified atom stereocenters. The number of nitrogens with one attached hydrogen (secondary N) is 1. The predicted molar refractivity (Wildman–Crippen MR) is 70.5 cm³/mol. The molecular weight excluding hydrogens is 258 g/mol. The first-order valence-electron chi connectivity index (χ1n) is 5.35. The number of thiazole rings is 1. The Morgan fingerprint density at radius 3 is 2.59 bits per heavy atom. The van der Waals surface area contributed by atoms with Crippen LogP contribution in [0.4, 0.5) is 0 Å². The molecule has 17 heavy (non-hydrogen) atoms. The number of nitrogens with two attached hydrogens (primary N) is 1. The van der Waals surface area contributed by atoms with Gasteiger partial charge in [0.05, 0.1) is 10.8 Å². The third kappa shape index (κ3) is 5.58. The number of sulfonamides is 1. The second-order valence-electron chi connectivity index (χ2n) is 4.93. The molecule has 1 heterocycles. The highest BCUT2D eigenvalue weighted by molar-refractivity contribution is 7.89. The fourth-order valence-electron chi connectivity index (χ4n) is 1.16. The molecule has 0 atom stereocenters. The molecule has 1 rings (SSSR count). The van der Waals surface area contributed by atoms with Crippen LogP contribution in [0.25, 0.3) is 0 Å². The number of primary sulfonamides is 1. The summed E-state index contributed by atoms with van der Waals surface area (Å²) in [5, 5.41) is 9.02. The largest absolute Gasteiger partial charge is 0.311 e. The first-order valence-corrected chi connectivity index (χ1v) is 7.88. The van der Waals surface area contributed by atoms with Gasteiger partial charge < -0.3 is 5.32 Å². The van der Waals surface area contributed by atoms with Crippen molar-refractivity contribution >= 4 is 21.4 Å². The minimum absolute atomic E-state index is 0.0437. The van der Waals surface area contributed by atoms with Crippen LogP contribution in [-0.2, 0) is 22.0 Å². The Kier molecular flexibility index (Phi) is 4.65. The molecule has 0 aliphatic heterocycles. The van der Waals surface area contributed by atoms with Crippen LogP contribution in [0.15, 0.2) is 6.20 Å². The molecule has 98 valence electrons. The maximum absolute atomic E-state index is 10.7.